The maximum atomic E-state index is 12.5. The summed E-state index contributed by atoms with van der Waals surface area (Å²) in [7, 11) is 1.75. The van der Waals surface area contributed by atoms with Gasteiger partial charge in [0.05, 0.1) is 17.8 Å². The van der Waals surface area contributed by atoms with Gasteiger partial charge in [0, 0.05) is 43.6 Å². The molecule has 0 radical (unpaired) electrons. The van der Waals surface area contributed by atoms with Crippen molar-refractivity contribution in [3.05, 3.63) is 72.3 Å². The lowest BCUT2D eigenvalue weighted by atomic mass is 10.1. The van der Waals surface area contributed by atoms with E-state index in [4.69, 9.17) is 0 Å². The molecule has 3 aromatic heterocycles. The van der Waals surface area contributed by atoms with Gasteiger partial charge < -0.3 is 4.90 Å². The molecule has 0 fully saturated rings. The topological polar surface area (TPSA) is 71.9 Å². The number of hydrogen-bond acceptors (Lipinski definition) is 5. The number of aryl methyl sites for hydroxylation is 1. The molecule has 0 atom stereocenters. The number of carbonyl (C=O) groups is 1. The van der Waals surface area contributed by atoms with Crippen molar-refractivity contribution in [2.45, 2.75) is 13.5 Å². The van der Waals surface area contributed by atoms with Crippen LogP contribution in [0.5, 0.6) is 0 Å². The minimum absolute atomic E-state index is 0.0972. The van der Waals surface area contributed by atoms with Crippen LogP contribution < -0.4 is 0 Å². The average molecular weight is 319 g/mol. The summed E-state index contributed by atoms with van der Waals surface area (Å²) in [5, 5.41) is 0. The van der Waals surface area contributed by atoms with E-state index < -0.39 is 0 Å². The SMILES string of the molecule is Cc1ncc(-c2ccncc2)c(CN(C)C(=O)c2cccnc2)n1. The highest BCUT2D eigenvalue weighted by atomic mass is 16.2. The number of carbonyl (C=O) groups excluding carboxylic acids is 1. The first-order valence-electron chi connectivity index (χ1n) is 7.53. The first-order valence-corrected chi connectivity index (χ1v) is 7.53. The zero-order chi connectivity index (χ0) is 16.9. The van der Waals surface area contributed by atoms with Crippen molar-refractivity contribution in [1.82, 2.24) is 24.8 Å². The molecule has 0 saturated carbocycles. The number of amides is 1. The standard InChI is InChI=1S/C18H17N5O/c1-13-21-11-16(14-5-8-19-9-6-14)17(22-13)12-23(2)18(24)15-4-3-7-20-10-15/h3-11H,12H2,1-2H3. The average Bonchev–Trinajstić information content (AvgIpc) is 2.62. The van der Waals surface area contributed by atoms with E-state index in [0.29, 0.717) is 17.9 Å². The molecule has 6 heteroatoms. The van der Waals surface area contributed by atoms with Crippen molar-refractivity contribution in [3.63, 3.8) is 0 Å². The fourth-order valence-corrected chi connectivity index (χ4v) is 2.42. The predicted octanol–water partition coefficient (Wildman–Crippen LogP) is 2.51. The van der Waals surface area contributed by atoms with E-state index >= 15 is 0 Å². The van der Waals surface area contributed by atoms with Crippen molar-refractivity contribution < 1.29 is 4.79 Å². The molecule has 0 bridgehead atoms. The second kappa shape index (κ2) is 6.95. The Bertz CT molecular complexity index is 837. The lowest BCUT2D eigenvalue weighted by Crippen LogP contribution is -2.27. The van der Waals surface area contributed by atoms with Gasteiger partial charge in [-0.1, -0.05) is 0 Å². The van der Waals surface area contributed by atoms with Gasteiger partial charge in [-0.2, -0.15) is 0 Å². The van der Waals surface area contributed by atoms with Crippen LogP contribution in [-0.2, 0) is 6.54 Å². The van der Waals surface area contributed by atoms with E-state index in [1.54, 1.807) is 55.1 Å². The molecule has 0 saturated heterocycles. The number of rotatable bonds is 4. The zero-order valence-electron chi connectivity index (χ0n) is 13.5. The molecule has 0 unspecified atom stereocenters. The molecule has 0 aliphatic carbocycles. The number of hydrogen-bond donors (Lipinski definition) is 0. The van der Waals surface area contributed by atoms with E-state index in [2.05, 4.69) is 19.9 Å². The molecule has 3 rings (SSSR count). The van der Waals surface area contributed by atoms with Crippen LogP contribution in [0.25, 0.3) is 11.1 Å². The molecule has 120 valence electrons. The minimum Gasteiger partial charge on any atom is -0.336 e. The Morgan fingerprint density at radius 2 is 1.88 bits per heavy atom. The number of nitrogens with zero attached hydrogens (tertiary/aromatic N) is 5. The van der Waals surface area contributed by atoms with Crippen LogP contribution >= 0.6 is 0 Å². The van der Waals surface area contributed by atoms with Gasteiger partial charge in [0.2, 0.25) is 0 Å². The molecular formula is C18H17N5O. The van der Waals surface area contributed by atoms with Crippen molar-refractivity contribution in [3.8, 4) is 11.1 Å². The largest absolute Gasteiger partial charge is 0.336 e. The first-order chi connectivity index (χ1) is 11.6. The van der Waals surface area contributed by atoms with Crippen molar-refractivity contribution in [2.75, 3.05) is 7.05 Å². The van der Waals surface area contributed by atoms with Gasteiger partial charge >= 0.3 is 0 Å². The minimum atomic E-state index is -0.0972. The van der Waals surface area contributed by atoms with Crippen LogP contribution in [0.15, 0.2) is 55.2 Å². The van der Waals surface area contributed by atoms with E-state index in [1.807, 2.05) is 19.1 Å². The lowest BCUT2D eigenvalue weighted by molar-refractivity contribution is 0.0783. The Morgan fingerprint density at radius 1 is 1.08 bits per heavy atom. The van der Waals surface area contributed by atoms with Crippen LogP contribution in [0.4, 0.5) is 0 Å². The molecule has 0 aliphatic rings. The van der Waals surface area contributed by atoms with E-state index in [0.717, 1.165) is 16.8 Å². The maximum Gasteiger partial charge on any atom is 0.255 e. The molecule has 0 aliphatic heterocycles. The Balaban J connectivity index is 1.89. The molecule has 0 N–H and O–H groups in total. The third-order valence-electron chi connectivity index (χ3n) is 3.62. The molecule has 24 heavy (non-hydrogen) atoms. The fraction of sp³-hybridized carbons (Fsp3) is 0.167. The second-order valence-corrected chi connectivity index (χ2v) is 5.42. The Hall–Kier alpha value is -3.15. The van der Waals surface area contributed by atoms with Crippen LogP contribution in [0.3, 0.4) is 0 Å². The molecule has 0 aromatic carbocycles. The van der Waals surface area contributed by atoms with E-state index in [9.17, 15) is 4.79 Å². The molecule has 6 nitrogen and oxygen atoms in total. The normalized spacial score (nSPS) is 10.4. The van der Waals surface area contributed by atoms with Crippen LogP contribution in [0, 0.1) is 6.92 Å². The monoisotopic (exact) mass is 319 g/mol. The quantitative estimate of drug-likeness (QED) is 0.739. The summed E-state index contributed by atoms with van der Waals surface area (Å²) in [6.45, 7) is 2.22. The van der Waals surface area contributed by atoms with Crippen molar-refractivity contribution in [1.29, 1.82) is 0 Å². The van der Waals surface area contributed by atoms with Gasteiger partial charge in [-0.05, 0) is 36.8 Å². The second-order valence-electron chi connectivity index (χ2n) is 5.42. The van der Waals surface area contributed by atoms with Crippen LogP contribution in [0.1, 0.15) is 21.9 Å². The van der Waals surface area contributed by atoms with Crippen molar-refractivity contribution in [2.24, 2.45) is 0 Å². The van der Waals surface area contributed by atoms with Gasteiger partial charge in [0.15, 0.2) is 0 Å². The molecule has 3 aromatic rings. The molecule has 0 spiro atoms. The summed E-state index contributed by atoms with van der Waals surface area (Å²) < 4.78 is 0. The fourth-order valence-electron chi connectivity index (χ4n) is 2.42. The predicted molar refractivity (Wildman–Crippen MR) is 90.0 cm³/mol. The summed E-state index contributed by atoms with van der Waals surface area (Å²) in [4.78, 5) is 31.0. The van der Waals surface area contributed by atoms with Gasteiger partial charge in [-0.15, -0.1) is 0 Å². The molecule has 1 amide bonds. The number of aromatic nitrogens is 4. The summed E-state index contributed by atoms with van der Waals surface area (Å²) in [5.74, 6) is 0.574. The summed E-state index contributed by atoms with van der Waals surface area (Å²) >= 11 is 0. The Kier molecular flexibility index (Phi) is 4.56. The van der Waals surface area contributed by atoms with Gasteiger partial charge in [0.25, 0.3) is 5.91 Å². The van der Waals surface area contributed by atoms with E-state index in [-0.39, 0.29) is 5.91 Å². The summed E-state index contributed by atoms with van der Waals surface area (Å²) in [6.07, 6.45) is 8.45. The third-order valence-corrected chi connectivity index (χ3v) is 3.62. The zero-order valence-corrected chi connectivity index (χ0v) is 13.5. The highest BCUT2D eigenvalue weighted by Crippen LogP contribution is 2.22. The molecule has 3 heterocycles. The van der Waals surface area contributed by atoms with E-state index in [1.165, 1.54) is 0 Å². The molecular weight excluding hydrogens is 302 g/mol. The Labute approximate surface area is 140 Å². The first kappa shape index (κ1) is 15.7. The highest BCUT2D eigenvalue weighted by molar-refractivity contribution is 5.93. The number of pyridine rings is 2. The van der Waals surface area contributed by atoms with Crippen LogP contribution in [-0.4, -0.2) is 37.8 Å². The third kappa shape index (κ3) is 3.43. The van der Waals surface area contributed by atoms with Gasteiger partial charge in [0.1, 0.15) is 5.82 Å². The van der Waals surface area contributed by atoms with Gasteiger partial charge in [-0.25, -0.2) is 9.97 Å². The van der Waals surface area contributed by atoms with Gasteiger partial charge in [-0.3, -0.25) is 14.8 Å². The Morgan fingerprint density at radius 3 is 2.58 bits per heavy atom. The highest BCUT2D eigenvalue weighted by Gasteiger charge is 2.16. The smallest absolute Gasteiger partial charge is 0.255 e. The lowest BCUT2D eigenvalue weighted by Gasteiger charge is -2.18. The summed E-state index contributed by atoms with van der Waals surface area (Å²) in [5.41, 5.74) is 3.22. The van der Waals surface area contributed by atoms with Crippen molar-refractivity contribution >= 4 is 5.91 Å². The summed E-state index contributed by atoms with van der Waals surface area (Å²) in [6, 6.07) is 7.31. The maximum absolute atomic E-state index is 12.5. The van der Waals surface area contributed by atoms with Crippen LogP contribution in [0.2, 0.25) is 0 Å².